The largest absolute Gasteiger partial charge is 0.481 e. The van der Waals surface area contributed by atoms with E-state index in [-0.39, 0.29) is 23.5 Å². The van der Waals surface area contributed by atoms with Crippen LogP contribution >= 0.6 is 11.8 Å². The average molecular weight is 413 g/mol. The molecule has 3 rings (SSSR count). The number of hydrogen-bond donors (Lipinski definition) is 2. The molecule has 0 bridgehead atoms. The van der Waals surface area contributed by atoms with Crippen molar-refractivity contribution < 1.29 is 27.9 Å². The summed E-state index contributed by atoms with van der Waals surface area (Å²) in [6.45, 7) is 2.01. The quantitative estimate of drug-likeness (QED) is 0.802. The first-order chi connectivity index (χ1) is 13.2. The predicted octanol–water partition coefficient (Wildman–Crippen LogP) is 3.44. The summed E-state index contributed by atoms with van der Waals surface area (Å²) in [5, 5.41) is 9.07. The van der Waals surface area contributed by atoms with Gasteiger partial charge in [0.2, 0.25) is 0 Å². The standard InChI is InChI=1S/C18H18F3N3O3S/c1-10-15(17(27)24-5-6-28-9-13(24)8-14(25)26)23-16(22-10)11-3-2-4-12(7-11)18(19,20)21/h2-4,7,13H,5-6,8-9H2,1H3,(H,22,23)(H,25,26). The highest BCUT2D eigenvalue weighted by molar-refractivity contribution is 7.99. The van der Waals surface area contributed by atoms with Crippen LogP contribution in [0.4, 0.5) is 13.2 Å². The van der Waals surface area contributed by atoms with Gasteiger partial charge in [-0.05, 0) is 19.1 Å². The lowest BCUT2D eigenvalue weighted by molar-refractivity contribution is -0.138. The second kappa shape index (κ2) is 7.86. The summed E-state index contributed by atoms with van der Waals surface area (Å²) in [6, 6.07) is 4.25. The van der Waals surface area contributed by atoms with Crippen molar-refractivity contribution in [2.24, 2.45) is 0 Å². The Kier molecular flexibility index (Phi) is 5.69. The molecule has 1 aromatic carbocycles. The van der Waals surface area contributed by atoms with Crippen LogP contribution in [0.2, 0.25) is 0 Å². The molecule has 1 amide bonds. The maximum absolute atomic E-state index is 12.9. The van der Waals surface area contributed by atoms with Crippen LogP contribution in [0.25, 0.3) is 11.4 Å². The molecule has 2 heterocycles. The molecule has 6 nitrogen and oxygen atoms in total. The topological polar surface area (TPSA) is 86.3 Å². The van der Waals surface area contributed by atoms with E-state index < -0.39 is 29.7 Å². The van der Waals surface area contributed by atoms with Crippen LogP contribution in [-0.2, 0) is 11.0 Å². The number of carbonyl (C=O) groups is 2. The number of aryl methyl sites for hydroxylation is 1. The van der Waals surface area contributed by atoms with Gasteiger partial charge in [-0.25, -0.2) is 4.98 Å². The molecule has 1 aromatic heterocycles. The fraction of sp³-hybridized carbons (Fsp3) is 0.389. The minimum Gasteiger partial charge on any atom is -0.481 e. The van der Waals surface area contributed by atoms with Crippen molar-refractivity contribution in [3.05, 3.63) is 41.2 Å². The molecule has 1 aliphatic heterocycles. The van der Waals surface area contributed by atoms with Gasteiger partial charge in [-0.3, -0.25) is 9.59 Å². The minimum atomic E-state index is -4.48. The number of carboxylic acid groups (broad SMARTS) is 1. The van der Waals surface area contributed by atoms with Crippen molar-refractivity contribution >= 4 is 23.6 Å². The zero-order valence-corrected chi connectivity index (χ0v) is 15.7. The number of carbonyl (C=O) groups excluding carboxylic acids is 1. The van der Waals surface area contributed by atoms with Crippen LogP contribution in [0.1, 0.15) is 28.2 Å². The van der Waals surface area contributed by atoms with Gasteiger partial charge in [-0.1, -0.05) is 12.1 Å². The van der Waals surface area contributed by atoms with Crippen molar-refractivity contribution in [1.82, 2.24) is 14.9 Å². The minimum absolute atomic E-state index is 0.0923. The molecule has 2 N–H and O–H groups in total. The Morgan fingerprint density at radius 3 is 2.82 bits per heavy atom. The van der Waals surface area contributed by atoms with E-state index in [1.54, 1.807) is 18.7 Å². The first-order valence-corrected chi connectivity index (χ1v) is 9.67. The highest BCUT2D eigenvalue weighted by Crippen LogP contribution is 2.32. The fourth-order valence-electron chi connectivity index (χ4n) is 3.08. The van der Waals surface area contributed by atoms with Gasteiger partial charge in [-0.2, -0.15) is 24.9 Å². The van der Waals surface area contributed by atoms with E-state index in [0.29, 0.717) is 23.7 Å². The molecular formula is C18H18F3N3O3S. The molecule has 1 fully saturated rings. The number of rotatable bonds is 4. The summed E-state index contributed by atoms with van der Waals surface area (Å²) in [5.41, 5.74) is -0.0748. The normalized spacial score (nSPS) is 17.6. The summed E-state index contributed by atoms with van der Waals surface area (Å²) in [7, 11) is 0. The van der Waals surface area contributed by atoms with E-state index in [4.69, 9.17) is 5.11 Å². The van der Waals surface area contributed by atoms with Crippen LogP contribution in [0.5, 0.6) is 0 Å². The van der Waals surface area contributed by atoms with Gasteiger partial charge in [-0.15, -0.1) is 0 Å². The number of aromatic amines is 1. The van der Waals surface area contributed by atoms with Crippen LogP contribution in [0, 0.1) is 6.92 Å². The molecule has 2 aromatic rings. The average Bonchev–Trinajstić information content (AvgIpc) is 3.02. The second-order valence-corrected chi connectivity index (χ2v) is 7.61. The zero-order valence-electron chi connectivity index (χ0n) is 14.9. The van der Waals surface area contributed by atoms with Crippen molar-refractivity contribution in [1.29, 1.82) is 0 Å². The highest BCUT2D eigenvalue weighted by atomic mass is 32.2. The monoisotopic (exact) mass is 413 g/mol. The van der Waals surface area contributed by atoms with Crippen molar-refractivity contribution in [3.63, 3.8) is 0 Å². The Hall–Kier alpha value is -2.49. The Morgan fingerprint density at radius 2 is 2.14 bits per heavy atom. The van der Waals surface area contributed by atoms with Crippen LogP contribution in [0.3, 0.4) is 0 Å². The fourth-order valence-corrected chi connectivity index (χ4v) is 4.14. The maximum atomic E-state index is 12.9. The van der Waals surface area contributed by atoms with Gasteiger partial charge < -0.3 is 15.0 Å². The van der Waals surface area contributed by atoms with E-state index in [1.165, 1.54) is 17.0 Å². The molecule has 1 aliphatic rings. The maximum Gasteiger partial charge on any atom is 0.416 e. The Bertz CT molecular complexity index is 898. The number of H-pyrrole nitrogens is 1. The van der Waals surface area contributed by atoms with Crippen LogP contribution in [0.15, 0.2) is 24.3 Å². The van der Waals surface area contributed by atoms with Crippen LogP contribution < -0.4 is 0 Å². The molecule has 150 valence electrons. The molecule has 0 aliphatic carbocycles. The lowest BCUT2D eigenvalue weighted by Crippen LogP contribution is -2.47. The molecule has 1 atom stereocenters. The summed E-state index contributed by atoms with van der Waals surface area (Å²) in [5.74, 6) is -0.0475. The first kappa shape index (κ1) is 20.2. The van der Waals surface area contributed by atoms with Gasteiger partial charge in [0.1, 0.15) is 11.5 Å². The number of aliphatic carboxylic acids is 1. The van der Waals surface area contributed by atoms with Crippen LogP contribution in [-0.4, -0.2) is 55.9 Å². The van der Waals surface area contributed by atoms with Gasteiger partial charge in [0.05, 0.1) is 18.0 Å². The molecule has 28 heavy (non-hydrogen) atoms. The molecule has 1 unspecified atom stereocenters. The molecular weight excluding hydrogens is 395 g/mol. The number of alkyl halides is 3. The summed E-state index contributed by atoms with van der Waals surface area (Å²) < 4.78 is 38.8. The van der Waals surface area contributed by atoms with Gasteiger partial charge in [0.25, 0.3) is 5.91 Å². The Labute approximate surface area is 163 Å². The van der Waals surface area contributed by atoms with E-state index in [1.807, 2.05) is 0 Å². The van der Waals surface area contributed by atoms with Gasteiger partial charge >= 0.3 is 12.1 Å². The number of imidazole rings is 1. The number of nitrogens with one attached hydrogen (secondary N) is 1. The number of carboxylic acids is 1. The third-order valence-electron chi connectivity index (χ3n) is 4.45. The van der Waals surface area contributed by atoms with Crippen molar-refractivity contribution in [2.45, 2.75) is 25.6 Å². The van der Waals surface area contributed by atoms with E-state index in [9.17, 15) is 22.8 Å². The Morgan fingerprint density at radius 1 is 1.39 bits per heavy atom. The SMILES string of the molecule is Cc1[nH]c(-c2cccc(C(F)(F)F)c2)nc1C(=O)N1CCSCC1CC(=O)O. The number of halogens is 3. The lowest BCUT2D eigenvalue weighted by atomic mass is 10.1. The number of hydrogen-bond acceptors (Lipinski definition) is 4. The summed E-state index contributed by atoms with van der Waals surface area (Å²) in [6.07, 6.45) is -4.64. The summed E-state index contributed by atoms with van der Waals surface area (Å²) in [4.78, 5) is 32.6. The van der Waals surface area contributed by atoms with E-state index in [0.717, 1.165) is 12.1 Å². The second-order valence-electron chi connectivity index (χ2n) is 6.46. The van der Waals surface area contributed by atoms with Crippen molar-refractivity contribution in [2.75, 3.05) is 18.1 Å². The molecule has 10 heteroatoms. The summed E-state index contributed by atoms with van der Waals surface area (Å²) >= 11 is 1.58. The number of benzene rings is 1. The number of amides is 1. The molecule has 0 radical (unpaired) electrons. The first-order valence-electron chi connectivity index (χ1n) is 8.51. The molecule has 0 spiro atoms. The molecule has 0 saturated carbocycles. The third-order valence-corrected chi connectivity index (χ3v) is 5.54. The number of aromatic nitrogens is 2. The highest BCUT2D eigenvalue weighted by Gasteiger charge is 2.33. The predicted molar refractivity (Wildman–Crippen MR) is 98.2 cm³/mol. The van der Waals surface area contributed by atoms with Gasteiger partial charge in [0.15, 0.2) is 0 Å². The smallest absolute Gasteiger partial charge is 0.416 e. The number of thioether (sulfide) groups is 1. The molecule has 1 saturated heterocycles. The van der Waals surface area contributed by atoms with E-state index in [2.05, 4.69) is 9.97 Å². The van der Waals surface area contributed by atoms with Gasteiger partial charge in [0, 0.05) is 29.3 Å². The Balaban J connectivity index is 1.89. The third kappa shape index (κ3) is 4.32. The van der Waals surface area contributed by atoms with E-state index >= 15 is 0 Å². The zero-order chi connectivity index (χ0) is 20.5. The van der Waals surface area contributed by atoms with Crippen molar-refractivity contribution in [3.8, 4) is 11.4 Å². The number of nitrogens with zero attached hydrogens (tertiary/aromatic N) is 2. The lowest BCUT2D eigenvalue weighted by Gasteiger charge is -2.34.